The second-order valence-electron chi connectivity index (χ2n) is 9.53. The molecule has 1 aromatic heterocycles. The average Bonchev–Trinajstić information content (AvgIpc) is 3.34. The van der Waals surface area contributed by atoms with Crippen LogP contribution in [0.15, 0.2) is 79.5 Å². The number of carbonyl (C=O) groups excluding carboxylic acids is 1. The Kier molecular flexibility index (Phi) is 7.23. The summed E-state index contributed by atoms with van der Waals surface area (Å²) in [7, 11) is 0. The van der Waals surface area contributed by atoms with Gasteiger partial charge in [0.25, 0.3) is 0 Å². The van der Waals surface area contributed by atoms with E-state index in [1.54, 1.807) is 12.1 Å². The van der Waals surface area contributed by atoms with Crippen LogP contribution in [0.4, 0.5) is 21.5 Å². The van der Waals surface area contributed by atoms with Gasteiger partial charge in [-0.1, -0.05) is 24.8 Å². The Morgan fingerprint density at radius 1 is 1.16 bits per heavy atom. The fourth-order valence-corrected chi connectivity index (χ4v) is 4.84. The summed E-state index contributed by atoms with van der Waals surface area (Å²) in [5.74, 6) is 1.64. The van der Waals surface area contributed by atoms with Crippen LogP contribution in [0, 0.1) is 12.8 Å². The van der Waals surface area contributed by atoms with Crippen LogP contribution in [0.25, 0.3) is 10.9 Å². The topological polar surface area (TPSA) is 69.4 Å². The maximum atomic E-state index is 12.5. The summed E-state index contributed by atoms with van der Waals surface area (Å²) < 4.78 is 18.7. The third kappa shape index (κ3) is 5.84. The van der Waals surface area contributed by atoms with E-state index in [9.17, 15) is 9.18 Å². The molecule has 1 aliphatic heterocycles. The summed E-state index contributed by atoms with van der Waals surface area (Å²) in [6.07, 6.45) is 4.14. The van der Waals surface area contributed by atoms with E-state index in [1.807, 2.05) is 30.5 Å². The molecule has 6 nitrogen and oxygen atoms in total. The first-order valence-electron chi connectivity index (χ1n) is 12.5. The Hall–Kier alpha value is -4.10. The number of hydrogen-bond acceptors (Lipinski definition) is 4. The first-order valence-corrected chi connectivity index (χ1v) is 12.5. The number of anilines is 3. The number of carbonyl (C=O) groups is 1. The summed E-state index contributed by atoms with van der Waals surface area (Å²) in [5, 5.41) is 7.26. The lowest BCUT2D eigenvalue weighted by Crippen LogP contribution is -2.48. The molecular formula is C30H31FN4O2. The zero-order valence-corrected chi connectivity index (χ0v) is 20.9. The number of aromatic amines is 1. The van der Waals surface area contributed by atoms with Gasteiger partial charge in [0.2, 0.25) is 5.91 Å². The molecule has 5 rings (SSSR count). The molecule has 190 valence electrons. The number of nitrogens with one attached hydrogen (secondary N) is 3. The van der Waals surface area contributed by atoms with Gasteiger partial charge in [0.05, 0.1) is 5.52 Å². The molecule has 1 saturated heterocycles. The summed E-state index contributed by atoms with van der Waals surface area (Å²) in [6, 6.07) is 19.8. The standard InChI is InChI=1S/C30H31FN4O2/c1-3-30(36)34-23-5-4-6-25(15-23)37-29-17-24(16-28-26(29)9-11-32-28)33-27-8-7-21(13-20(27)2)14-22-18-35(19-22)12-10-31/h3-9,11,13,15-17,22,32-33H,1,10,12,14,18-19H2,2H3,(H,34,36). The van der Waals surface area contributed by atoms with Gasteiger partial charge in [-0.2, -0.15) is 0 Å². The molecule has 0 aliphatic carbocycles. The van der Waals surface area contributed by atoms with Crippen molar-refractivity contribution in [1.29, 1.82) is 0 Å². The molecule has 1 amide bonds. The van der Waals surface area contributed by atoms with Crippen LogP contribution in [0.5, 0.6) is 11.5 Å². The number of fused-ring (bicyclic) bond motifs is 1. The second-order valence-corrected chi connectivity index (χ2v) is 9.53. The van der Waals surface area contributed by atoms with E-state index in [0.29, 0.717) is 29.6 Å². The Balaban J connectivity index is 1.32. The van der Waals surface area contributed by atoms with Crippen molar-refractivity contribution in [3.05, 3.63) is 90.6 Å². The molecule has 4 aromatic rings. The Bertz CT molecular complexity index is 1420. The van der Waals surface area contributed by atoms with E-state index in [-0.39, 0.29) is 12.6 Å². The number of hydrogen-bond donors (Lipinski definition) is 3. The normalized spacial score (nSPS) is 13.8. The predicted molar refractivity (Wildman–Crippen MR) is 148 cm³/mol. The number of rotatable bonds is 10. The molecule has 3 aromatic carbocycles. The molecule has 0 radical (unpaired) electrons. The van der Waals surface area contributed by atoms with Crippen molar-refractivity contribution in [1.82, 2.24) is 9.88 Å². The first-order chi connectivity index (χ1) is 18.0. The molecule has 1 aliphatic rings. The van der Waals surface area contributed by atoms with E-state index < -0.39 is 0 Å². The number of aryl methyl sites for hydroxylation is 1. The minimum Gasteiger partial charge on any atom is -0.457 e. The smallest absolute Gasteiger partial charge is 0.247 e. The highest BCUT2D eigenvalue weighted by Crippen LogP contribution is 2.35. The number of alkyl halides is 1. The lowest BCUT2D eigenvalue weighted by Gasteiger charge is -2.38. The van der Waals surface area contributed by atoms with Crippen LogP contribution in [0.1, 0.15) is 11.1 Å². The zero-order valence-electron chi connectivity index (χ0n) is 20.9. The fraction of sp³-hybridized carbons (Fsp3) is 0.233. The van der Waals surface area contributed by atoms with E-state index in [2.05, 4.69) is 58.3 Å². The highest BCUT2D eigenvalue weighted by atomic mass is 19.1. The van der Waals surface area contributed by atoms with Crippen LogP contribution in [-0.4, -0.2) is 42.1 Å². The summed E-state index contributed by atoms with van der Waals surface area (Å²) in [4.78, 5) is 17.1. The van der Waals surface area contributed by atoms with E-state index in [0.717, 1.165) is 47.4 Å². The van der Waals surface area contributed by atoms with E-state index in [4.69, 9.17) is 4.74 Å². The Morgan fingerprint density at radius 3 is 2.81 bits per heavy atom. The molecule has 37 heavy (non-hydrogen) atoms. The minimum atomic E-state index is -0.274. The molecule has 1 fully saturated rings. The van der Waals surface area contributed by atoms with Gasteiger partial charge in [-0.3, -0.25) is 4.79 Å². The highest BCUT2D eigenvalue weighted by Gasteiger charge is 2.26. The third-order valence-electron chi connectivity index (χ3n) is 6.67. The van der Waals surface area contributed by atoms with Gasteiger partial charge in [-0.15, -0.1) is 0 Å². The monoisotopic (exact) mass is 498 g/mol. The number of ether oxygens (including phenoxy) is 1. The number of halogens is 1. The second kappa shape index (κ2) is 10.9. The SMILES string of the molecule is C=CC(=O)Nc1cccc(Oc2cc(Nc3ccc(CC4CN(CCF)C4)cc3C)cc3[nH]ccc23)c1. The third-order valence-corrected chi connectivity index (χ3v) is 6.67. The van der Waals surface area contributed by atoms with E-state index >= 15 is 0 Å². The van der Waals surface area contributed by atoms with Gasteiger partial charge in [0, 0.05) is 60.4 Å². The van der Waals surface area contributed by atoms with Crippen molar-refractivity contribution in [3.63, 3.8) is 0 Å². The van der Waals surface area contributed by atoms with Crippen molar-refractivity contribution < 1.29 is 13.9 Å². The van der Waals surface area contributed by atoms with Gasteiger partial charge in [-0.05, 0) is 66.8 Å². The summed E-state index contributed by atoms with van der Waals surface area (Å²) in [5.41, 5.74) is 5.99. The average molecular weight is 499 g/mol. The number of amides is 1. The minimum absolute atomic E-state index is 0.270. The van der Waals surface area contributed by atoms with Gasteiger partial charge in [0.1, 0.15) is 18.2 Å². The number of benzene rings is 3. The molecule has 0 atom stereocenters. The van der Waals surface area contributed by atoms with Crippen molar-refractivity contribution >= 4 is 33.9 Å². The highest BCUT2D eigenvalue weighted by molar-refractivity contribution is 5.99. The molecule has 0 bridgehead atoms. The molecule has 2 heterocycles. The van der Waals surface area contributed by atoms with Crippen molar-refractivity contribution in [2.24, 2.45) is 5.92 Å². The van der Waals surface area contributed by atoms with E-state index in [1.165, 1.54) is 11.6 Å². The van der Waals surface area contributed by atoms with Crippen molar-refractivity contribution in [2.75, 3.05) is 36.9 Å². The largest absolute Gasteiger partial charge is 0.457 e. The maximum absolute atomic E-state index is 12.5. The molecule has 0 unspecified atom stereocenters. The van der Waals surface area contributed by atoms with Crippen LogP contribution >= 0.6 is 0 Å². The molecular weight excluding hydrogens is 467 g/mol. The van der Waals surface area contributed by atoms with Gasteiger partial charge in [0.15, 0.2) is 0 Å². The zero-order chi connectivity index (χ0) is 25.8. The summed E-state index contributed by atoms with van der Waals surface area (Å²) in [6.45, 7) is 7.83. The molecule has 0 saturated carbocycles. The number of H-pyrrole nitrogens is 1. The van der Waals surface area contributed by atoms with Gasteiger partial charge < -0.3 is 25.3 Å². The van der Waals surface area contributed by atoms with Crippen LogP contribution < -0.4 is 15.4 Å². The first kappa shape index (κ1) is 24.6. The quantitative estimate of drug-likeness (QED) is 0.216. The number of aromatic nitrogens is 1. The summed E-state index contributed by atoms with van der Waals surface area (Å²) >= 11 is 0. The van der Waals surface area contributed by atoms with Crippen molar-refractivity contribution in [3.8, 4) is 11.5 Å². The molecule has 7 heteroatoms. The lowest BCUT2D eigenvalue weighted by atomic mass is 9.91. The van der Waals surface area contributed by atoms with Crippen LogP contribution in [0.3, 0.4) is 0 Å². The predicted octanol–water partition coefficient (Wildman–Crippen LogP) is 6.58. The Labute approximate surface area is 216 Å². The van der Waals surface area contributed by atoms with Crippen LogP contribution in [-0.2, 0) is 11.2 Å². The Morgan fingerprint density at radius 2 is 2.03 bits per heavy atom. The fourth-order valence-electron chi connectivity index (χ4n) is 4.84. The number of nitrogens with zero attached hydrogens (tertiary/aromatic N) is 1. The van der Waals surface area contributed by atoms with Crippen LogP contribution in [0.2, 0.25) is 0 Å². The van der Waals surface area contributed by atoms with Gasteiger partial charge in [-0.25, -0.2) is 4.39 Å². The molecule has 3 N–H and O–H groups in total. The van der Waals surface area contributed by atoms with Crippen molar-refractivity contribution in [2.45, 2.75) is 13.3 Å². The molecule has 0 spiro atoms. The lowest BCUT2D eigenvalue weighted by molar-refractivity contribution is -0.111. The van der Waals surface area contributed by atoms with Gasteiger partial charge >= 0.3 is 0 Å². The maximum Gasteiger partial charge on any atom is 0.247 e. The number of likely N-dealkylation sites (tertiary alicyclic amines) is 1.